The van der Waals surface area contributed by atoms with Gasteiger partial charge in [0.2, 0.25) is 21.8 Å². The molecule has 0 aliphatic carbocycles. The number of aliphatic hydroxyl groups excluding tert-OH is 1. The highest BCUT2D eigenvalue weighted by Crippen LogP contribution is 2.22. The van der Waals surface area contributed by atoms with Crippen molar-refractivity contribution >= 4 is 38.6 Å². The average Bonchev–Trinajstić information content (AvgIpc) is 3.38. The quantitative estimate of drug-likeness (QED) is 0.227. The summed E-state index contributed by atoms with van der Waals surface area (Å²) in [5, 5.41) is 22.1. The van der Waals surface area contributed by atoms with Crippen molar-refractivity contribution in [2.24, 2.45) is 11.7 Å². The number of carbonyl (C=O) groups excluding carboxylic acids is 2. The molecule has 2 aromatic carbocycles. The lowest BCUT2D eigenvalue weighted by atomic mass is 9.94. The van der Waals surface area contributed by atoms with Gasteiger partial charge in [-0.05, 0) is 54.5 Å². The number of hydrogen-bond donors (Lipinski definition) is 5. The van der Waals surface area contributed by atoms with Crippen LogP contribution in [0.4, 0.5) is 0 Å². The number of likely N-dealkylation sites (tertiary alicyclic amines) is 2. The third kappa shape index (κ3) is 6.61. The zero-order chi connectivity index (χ0) is 27.3. The van der Waals surface area contributed by atoms with E-state index in [4.69, 9.17) is 11.1 Å². The fraction of sp³-hybridized carbons (Fsp3) is 0.500. The Balaban J connectivity index is 1.34. The van der Waals surface area contributed by atoms with E-state index in [0.29, 0.717) is 25.9 Å². The van der Waals surface area contributed by atoms with Crippen LogP contribution in [0, 0.1) is 11.3 Å². The number of amides is 2. The number of rotatable bonds is 9. The molecule has 0 spiro atoms. The molecule has 4 rings (SSSR count). The number of benzene rings is 2. The summed E-state index contributed by atoms with van der Waals surface area (Å²) in [4.78, 5) is 29.2. The number of hydrogen-bond acceptors (Lipinski definition) is 6. The van der Waals surface area contributed by atoms with Gasteiger partial charge in [0.25, 0.3) is 0 Å². The third-order valence-electron chi connectivity index (χ3n) is 7.34. The lowest BCUT2D eigenvalue weighted by Crippen LogP contribution is -2.53. The summed E-state index contributed by atoms with van der Waals surface area (Å²) in [5.41, 5.74) is 5.59. The molecule has 2 aliphatic rings. The number of carbonyl (C=O) groups is 2. The molecule has 6 N–H and O–H groups in total. The maximum absolute atomic E-state index is 13.3. The Bertz CT molecular complexity index is 1290. The predicted molar refractivity (Wildman–Crippen MR) is 144 cm³/mol. The van der Waals surface area contributed by atoms with E-state index in [1.54, 1.807) is 21.9 Å². The minimum Gasteiger partial charge on any atom is -0.394 e. The molecule has 1 unspecified atom stereocenters. The summed E-state index contributed by atoms with van der Waals surface area (Å²) in [6.07, 6.45) is 3.47. The topological polar surface area (TPSA) is 169 Å². The minimum atomic E-state index is -4.06. The fourth-order valence-electron chi connectivity index (χ4n) is 5.31. The highest BCUT2D eigenvalue weighted by Gasteiger charge is 2.35. The van der Waals surface area contributed by atoms with Crippen LogP contribution in [0.1, 0.15) is 32.1 Å². The van der Waals surface area contributed by atoms with Crippen LogP contribution in [0.5, 0.6) is 0 Å². The van der Waals surface area contributed by atoms with Crippen molar-refractivity contribution in [3.8, 4) is 0 Å². The average molecular weight is 545 g/mol. The van der Waals surface area contributed by atoms with Gasteiger partial charge >= 0.3 is 0 Å². The first-order valence-electron chi connectivity index (χ1n) is 13.0. The van der Waals surface area contributed by atoms with Crippen LogP contribution in [-0.2, 0) is 19.6 Å². The van der Waals surface area contributed by atoms with Gasteiger partial charge in [0, 0.05) is 38.6 Å². The van der Waals surface area contributed by atoms with Crippen molar-refractivity contribution in [1.82, 2.24) is 19.8 Å². The van der Waals surface area contributed by atoms with Crippen LogP contribution in [0.3, 0.4) is 0 Å². The van der Waals surface area contributed by atoms with Gasteiger partial charge in [0.15, 0.2) is 5.96 Å². The van der Waals surface area contributed by atoms with Crippen molar-refractivity contribution in [2.45, 2.75) is 49.1 Å². The number of fused-ring (bicyclic) bond motifs is 1. The molecule has 11 nitrogen and oxygen atoms in total. The molecular formula is C26H36N6O5S. The van der Waals surface area contributed by atoms with E-state index in [-0.39, 0.29) is 35.3 Å². The van der Waals surface area contributed by atoms with Crippen LogP contribution in [0.15, 0.2) is 47.4 Å². The molecule has 206 valence electrons. The maximum Gasteiger partial charge on any atom is 0.243 e. The molecule has 2 heterocycles. The van der Waals surface area contributed by atoms with Gasteiger partial charge in [-0.1, -0.05) is 30.3 Å². The molecule has 3 atom stereocenters. The summed E-state index contributed by atoms with van der Waals surface area (Å²) in [5.74, 6) is -0.518. The molecule has 12 heteroatoms. The van der Waals surface area contributed by atoms with E-state index in [9.17, 15) is 23.1 Å². The molecule has 2 amide bonds. The summed E-state index contributed by atoms with van der Waals surface area (Å²) in [7, 11) is -4.06. The number of guanidine groups is 1. The Morgan fingerprint density at radius 3 is 2.58 bits per heavy atom. The Labute approximate surface area is 222 Å². The third-order valence-corrected chi connectivity index (χ3v) is 8.81. The van der Waals surface area contributed by atoms with Gasteiger partial charge in [0.05, 0.1) is 11.5 Å². The molecule has 0 aromatic heterocycles. The van der Waals surface area contributed by atoms with Gasteiger partial charge in [-0.2, -0.15) is 4.72 Å². The summed E-state index contributed by atoms with van der Waals surface area (Å²) in [6, 6.07) is 10.4. The van der Waals surface area contributed by atoms with Gasteiger partial charge in [0.1, 0.15) is 6.04 Å². The molecular weight excluding hydrogens is 508 g/mol. The summed E-state index contributed by atoms with van der Waals surface area (Å²) >= 11 is 0. The van der Waals surface area contributed by atoms with Gasteiger partial charge in [-0.15, -0.1) is 0 Å². The smallest absolute Gasteiger partial charge is 0.243 e. The largest absolute Gasteiger partial charge is 0.394 e. The molecule has 38 heavy (non-hydrogen) atoms. The zero-order valence-corrected chi connectivity index (χ0v) is 22.1. The van der Waals surface area contributed by atoms with Gasteiger partial charge in [-0.3, -0.25) is 15.0 Å². The molecule has 0 saturated carbocycles. The number of aliphatic hydroxyl groups is 1. The second-order valence-corrected chi connectivity index (χ2v) is 11.8. The minimum absolute atomic E-state index is 0.0127. The SMILES string of the molecule is N=C(N)N1CCC[C@@H](CC(=O)NC[C@@H]2CCCN2C(=O)C(CO)NS(=O)(=O)c2ccc3ccccc3c2)C1. The zero-order valence-electron chi connectivity index (χ0n) is 21.3. The van der Waals surface area contributed by atoms with Crippen LogP contribution in [0.25, 0.3) is 10.8 Å². The number of sulfonamides is 1. The Morgan fingerprint density at radius 1 is 1.11 bits per heavy atom. The summed E-state index contributed by atoms with van der Waals surface area (Å²) < 4.78 is 28.4. The van der Waals surface area contributed by atoms with Crippen molar-refractivity contribution in [1.29, 1.82) is 5.41 Å². The number of nitrogens with zero attached hydrogens (tertiary/aromatic N) is 2. The fourth-order valence-corrected chi connectivity index (χ4v) is 6.53. The van der Waals surface area contributed by atoms with Gasteiger partial charge in [-0.25, -0.2) is 8.42 Å². The van der Waals surface area contributed by atoms with Crippen molar-refractivity contribution in [2.75, 3.05) is 32.8 Å². The van der Waals surface area contributed by atoms with Crippen molar-refractivity contribution in [3.05, 3.63) is 42.5 Å². The first kappa shape index (κ1) is 27.8. The van der Waals surface area contributed by atoms with E-state index in [1.807, 2.05) is 18.2 Å². The van der Waals surface area contributed by atoms with E-state index in [1.165, 1.54) is 12.1 Å². The molecule has 2 aliphatic heterocycles. The van der Waals surface area contributed by atoms with Crippen LogP contribution in [0.2, 0.25) is 0 Å². The molecule has 0 bridgehead atoms. The highest BCUT2D eigenvalue weighted by molar-refractivity contribution is 7.89. The first-order chi connectivity index (χ1) is 18.2. The van der Waals surface area contributed by atoms with E-state index in [0.717, 1.165) is 36.6 Å². The Kier molecular flexibility index (Phi) is 8.85. The molecule has 0 radical (unpaired) electrons. The molecule has 2 saturated heterocycles. The second-order valence-electron chi connectivity index (χ2n) is 10.0. The van der Waals surface area contributed by atoms with E-state index >= 15 is 0 Å². The summed E-state index contributed by atoms with van der Waals surface area (Å²) in [6.45, 7) is 1.29. The van der Waals surface area contributed by atoms with Crippen molar-refractivity contribution < 1.29 is 23.1 Å². The van der Waals surface area contributed by atoms with E-state index in [2.05, 4.69) is 10.0 Å². The highest BCUT2D eigenvalue weighted by atomic mass is 32.2. The van der Waals surface area contributed by atoms with E-state index < -0.39 is 28.6 Å². The Morgan fingerprint density at radius 2 is 1.84 bits per heavy atom. The monoisotopic (exact) mass is 544 g/mol. The van der Waals surface area contributed by atoms with Gasteiger partial charge < -0.3 is 26.0 Å². The van der Waals surface area contributed by atoms with Crippen LogP contribution < -0.4 is 15.8 Å². The normalized spacial score (nSPS) is 20.9. The standard InChI is InChI=1S/C26H36N6O5S/c27-26(28)31-11-3-5-18(16-31)13-24(34)29-15-21-8-4-12-32(21)25(35)23(17-33)30-38(36,37)22-10-9-19-6-1-2-7-20(19)14-22/h1-2,6-7,9-10,14,18,21,23,30,33H,3-5,8,11-13,15-17H2,(H3,27,28)(H,29,34)/t18-,21-,23?/m0/s1. The lowest BCUT2D eigenvalue weighted by Gasteiger charge is -2.33. The molecule has 2 fully saturated rings. The van der Waals surface area contributed by atoms with Crippen LogP contribution >= 0.6 is 0 Å². The number of nitrogens with one attached hydrogen (secondary N) is 3. The number of piperidine rings is 1. The Hall–Kier alpha value is -3.22. The second kappa shape index (κ2) is 12.1. The molecule has 2 aromatic rings. The van der Waals surface area contributed by atoms with Crippen LogP contribution in [-0.4, -0.2) is 86.0 Å². The van der Waals surface area contributed by atoms with Crippen molar-refractivity contribution in [3.63, 3.8) is 0 Å². The first-order valence-corrected chi connectivity index (χ1v) is 14.4. The predicted octanol–water partition coefficient (Wildman–Crippen LogP) is 0.582. The maximum atomic E-state index is 13.3. The number of nitrogens with two attached hydrogens (primary N) is 1. The lowest BCUT2D eigenvalue weighted by molar-refractivity contribution is -0.135.